The van der Waals surface area contributed by atoms with E-state index in [1.807, 2.05) is 49.6 Å². The lowest BCUT2D eigenvalue weighted by atomic mass is 10.00. The Balaban J connectivity index is 1.81. The summed E-state index contributed by atoms with van der Waals surface area (Å²) in [4.78, 5) is 9.19. The van der Waals surface area contributed by atoms with Crippen molar-refractivity contribution in [1.82, 2.24) is 15.1 Å². The van der Waals surface area contributed by atoms with Crippen LogP contribution in [0.1, 0.15) is 31.1 Å². The summed E-state index contributed by atoms with van der Waals surface area (Å²) < 4.78 is 5.48. The molecule has 1 aromatic carbocycles. The SMILES string of the molecule is Cc1onc(-c2ccccc2)c1-c1csc(-c2cnccc2C(C)C)n1. The Bertz CT molecular complexity index is 1030. The molecule has 3 heterocycles. The molecule has 26 heavy (non-hydrogen) atoms. The van der Waals surface area contributed by atoms with Crippen LogP contribution in [0.3, 0.4) is 0 Å². The van der Waals surface area contributed by atoms with Crippen LogP contribution >= 0.6 is 11.3 Å². The average Bonchev–Trinajstić information content (AvgIpc) is 3.29. The van der Waals surface area contributed by atoms with E-state index in [-0.39, 0.29) is 0 Å². The quantitative estimate of drug-likeness (QED) is 0.450. The zero-order valence-corrected chi connectivity index (χ0v) is 15.7. The highest BCUT2D eigenvalue weighted by Crippen LogP contribution is 2.38. The van der Waals surface area contributed by atoms with Gasteiger partial charge in [0.1, 0.15) is 16.5 Å². The summed E-state index contributed by atoms with van der Waals surface area (Å²) in [5.74, 6) is 1.19. The van der Waals surface area contributed by atoms with Gasteiger partial charge in [0.2, 0.25) is 0 Å². The third kappa shape index (κ3) is 2.95. The molecule has 0 aliphatic heterocycles. The summed E-state index contributed by atoms with van der Waals surface area (Å²) >= 11 is 1.62. The Morgan fingerprint density at radius 3 is 2.65 bits per heavy atom. The van der Waals surface area contributed by atoms with Gasteiger partial charge in [-0.15, -0.1) is 11.3 Å². The molecule has 130 valence electrons. The topological polar surface area (TPSA) is 51.8 Å². The maximum atomic E-state index is 5.48. The molecule has 0 bridgehead atoms. The first-order chi connectivity index (χ1) is 12.6. The fourth-order valence-electron chi connectivity index (χ4n) is 3.07. The van der Waals surface area contributed by atoms with E-state index >= 15 is 0 Å². The Morgan fingerprint density at radius 1 is 1.08 bits per heavy atom. The lowest BCUT2D eigenvalue weighted by Gasteiger charge is -2.09. The van der Waals surface area contributed by atoms with Crippen molar-refractivity contribution < 1.29 is 4.52 Å². The second kappa shape index (κ2) is 6.84. The van der Waals surface area contributed by atoms with Crippen LogP contribution < -0.4 is 0 Å². The molecule has 0 saturated carbocycles. The van der Waals surface area contributed by atoms with E-state index in [1.165, 1.54) is 5.56 Å². The average molecular weight is 361 g/mol. The van der Waals surface area contributed by atoms with Gasteiger partial charge in [0.25, 0.3) is 0 Å². The van der Waals surface area contributed by atoms with Crippen LogP contribution in [0.4, 0.5) is 0 Å². The van der Waals surface area contributed by atoms with Gasteiger partial charge in [-0.3, -0.25) is 4.98 Å². The molecule has 0 N–H and O–H groups in total. The molecule has 0 aliphatic carbocycles. The van der Waals surface area contributed by atoms with Crippen LogP contribution in [0.25, 0.3) is 33.1 Å². The van der Waals surface area contributed by atoms with Crippen molar-refractivity contribution in [2.24, 2.45) is 0 Å². The molecule has 0 aliphatic rings. The van der Waals surface area contributed by atoms with Crippen molar-refractivity contribution in [2.75, 3.05) is 0 Å². The van der Waals surface area contributed by atoms with Crippen molar-refractivity contribution in [3.05, 3.63) is 65.5 Å². The monoisotopic (exact) mass is 361 g/mol. The highest BCUT2D eigenvalue weighted by atomic mass is 32.1. The number of nitrogens with zero attached hydrogens (tertiary/aromatic N) is 3. The van der Waals surface area contributed by atoms with E-state index < -0.39 is 0 Å². The largest absolute Gasteiger partial charge is 0.360 e. The first-order valence-electron chi connectivity index (χ1n) is 8.57. The molecule has 0 fully saturated rings. The molecular weight excluding hydrogens is 342 g/mol. The molecule has 0 radical (unpaired) electrons. The minimum absolute atomic E-state index is 0.414. The molecule has 4 nitrogen and oxygen atoms in total. The number of benzene rings is 1. The van der Waals surface area contributed by atoms with Crippen LogP contribution in [0.2, 0.25) is 0 Å². The molecule has 0 atom stereocenters. The van der Waals surface area contributed by atoms with Gasteiger partial charge < -0.3 is 4.52 Å². The Kier molecular flexibility index (Phi) is 4.39. The summed E-state index contributed by atoms with van der Waals surface area (Å²) in [6, 6.07) is 12.1. The van der Waals surface area contributed by atoms with Gasteiger partial charge in [-0.1, -0.05) is 49.3 Å². The summed E-state index contributed by atoms with van der Waals surface area (Å²) in [7, 11) is 0. The van der Waals surface area contributed by atoms with E-state index in [0.29, 0.717) is 5.92 Å². The molecule has 3 aromatic heterocycles. The second-order valence-corrected chi connectivity index (χ2v) is 7.34. The fraction of sp³-hybridized carbons (Fsp3) is 0.190. The van der Waals surface area contributed by atoms with Crippen molar-refractivity contribution in [1.29, 1.82) is 0 Å². The van der Waals surface area contributed by atoms with Crippen molar-refractivity contribution in [3.8, 4) is 33.1 Å². The van der Waals surface area contributed by atoms with Crippen LogP contribution in [0.15, 0.2) is 58.7 Å². The van der Waals surface area contributed by atoms with E-state index in [0.717, 1.165) is 38.8 Å². The van der Waals surface area contributed by atoms with Crippen LogP contribution in [0.5, 0.6) is 0 Å². The molecule has 0 spiro atoms. The third-order valence-electron chi connectivity index (χ3n) is 4.38. The molecule has 5 heteroatoms. The molecule has 0 unspecified atom stereocenters. The van der Waals surface area contributed by atoms with Gasteiger partial charge in [-0.05, 0) is 24.5 Å². The van der Waals surface area contributed by atoms with Gasteiger partial charge >= 0.3 is 0 Å². The predicted octanol–water partition coefficient (Wildman–Crippen LogP) is 5.96. The molecule has 0 amide bonds. The minimum Gasteiger partial charge on any atom is -0.360 e. The van der Waals surface area contributed by atoms with Gasteiger partial charge in [0.15, 0.2) is 0 Å². The summed E-state index contributed by atoms with van der Waals surface area (Å²) in [6.45, 7) is 6.30. The van der Waals surface area contributed by atoms with Crippen LogP contribution in [-0.2, 0) is 0 Å². The van der Waals surface area contributed by atoms with Crippen molar-refractivity contribution in [2.45, 2.75) is 26.7 Å². The molecule has 4 aromatic rings. The van der Waals surface area contributed by atoms with Crippen LogP contribution in [0, 0.1) is 6.92 Å². The Morgan fingerprint density at radius 2 is 1.88 bits per heavy atom. The maximum Gasteiger partial charge on any atom is 0.143 e. The second-order valence-electron chi connectivity index (χ2n) is 6.48. The first kappa shape index (κ1) is 16.7. The van der Waals surface area contributed by atoms with Crippen LogP contribution in [-0.4, -0.2) is 15.1 Å². The number of thiazole rings is 1. The van der Waals surface area contributed by atoms with Crippen molar-refractivity contribution in [3.63, 3.8) is 0 Å². The molecular formula is C21H19N3OS. The number of hydrogen-bond donors (Lipinski definition) is 0. The summed E-state index contributed by atoms with van der Waals surface area (Å²) in [6.07, 6.45) is 3.74. The minimum atomic E-state index is 0.414. The number of aryl methyl sites for hydroxylation is 1. The van der Waals surface area contributed by atoms with Gasteiger partial charge in [-0.25, -0.2) is 4.98 Å². The normalized spacial score (nSPS) is 11.2. The highest BCUT2D eigenvalue weighted by Gasteiger charge is 2.20. The first-order valence-corrected chi connectivity index (χ1v) is 9.45. The third-order valence-corrected chi connectivity index (χ3v) is 5.25. The van der Waals surface area contributed by atoms with Gasteiger partial charge in [-0.2, -0.15) is 0 Å². The van der Waals surface area contributed by atoms with E-state index in [1.54, 1.807) is 11.3 Å². The fourth-order valence-corrected chi connectivity index (χ4v) is 3.91. The number of pyridine rings is 1. The number of aromatic nitrogens is 3. The highest BCUT2D eigenvalue weighted by molar-refractivity contribution is 7.13. The number of hydrogen-bond acceptors (Lipinski definition) is 5. The Hall–Kier alpha value is -2.79. The zero-order valence-electron chi connectivity index (χ0n) is 14.9. The standard InChI is InChI=1S/C21H19N3OS/c1-13(2)16-9-10-22-11-17(16)21-23-18(12-26-21)19-14(3)25-24-20(19)15-7-5-4-6-8-15/h4-13H,1-3H3. The predicted molar refractivity (Wildman–Crippen MR) is 105 cm³/mol. The summed E-state index contributed by atoms with van der Waals surface area (Å²) in [5, 5.41) is 7.30. The van der Waals surface area contributed by atoms with Gasteiger partial charge in [0.05, 0.1) is 11.3 Å². The maximum absolute atomic E-state index is 5.48. The zero-order chi connectivity index (χ0) is 18.1. The van der Waals surface area contributed by atoms with Crippen molar-refractivity contribution >= 4 is 11.3 Å². The molecule has 0 saturated heterocycles. The Labute approximate surface area is 156 Å². The molecule has 4 rings (SSSR count). The number of rotatable bonds is 4. The summed E-state index contributed by atoms with van der Waals surface area (Å²) in [5.41, 5.74) is 6.04. The lowest BCUT2D eigenvalue weighted by Crippen LogP contribution is -1.93. The van der Waals surface area contributed by atoms with E-state index in [9.17, 15) is 0 Å². The lowest BCUT2D eigenvalue weighted by molar-refractivity contribution is 0.400. The van der Waals surface area contributed by atoms with Gasteiger partial charge in [0, 0.05) is 28.9 Å². The van der Waals surface area contributed by atoms with E-state index in [4.69, 9.17) is 9.51 Å². The van der Waals surface area contributed by atoms with E-state index in [2.05, 4.69) is 35.4 Å². The smallest absolute Gasteiger partial charge is 0.143 e.